The quantitative estimate of drug-likeness (QED) is 0.658. The molecule has 2 aliphatic rings. The van der Waals surface area contributed by atoms with E-state index in [2.05, 4.69) is 24.9 Å². The lowest BCUT2D eigenvalue weighted by atomic mass is 10.1. The maximum Gasteiger partial charge on any atom is 0.323 e. The summed E-state index contributed by atoms with van der Waals surface area (Å²) >= 11 is 0. The summed E-state index contributed by atoms with van der Waals surface area (Å²) in [4.78, 5) is 23.8. The van der Waals surface area contributed by atoms with Gasteiger partial charge >= 0.3 is 6.03 Å². The number of piperidine rings is 1. The number of rotatable bonds is 3. The average Bonchev–Trinajstić information content (AvgIpc) is 2.47. The van der Waals surface area contributed by atoms with Crippen LogP contribution in [0.3, 0.4) is 0 Å². The van der Waals surface area contributed by atoms with Gasteiger partial charge in [0.05, 0.1) is 12.1 Å². The minimum atomic E-state index is -3.68. The Morgan fingerprint density at radius 2 is 2.00 bits per heavy atom. The first kappa shape index (κ1) is 18.6. The van der Waals surface area contributed by atoms with E-state index < -0.39 is 10.2 Å². The second kappa shape index (κ2) is 7.05. The van der Waals surface area contributed by atoms with Gasteiger partial charge in [0.2, 0.25) is 0 Å². The minimum absolute atomic E-state index is 0. The van der Waals surface area contributed by atoms with E-state index in [1.54, 1.807) is 11.9 Å². The van der Waals surface area contributed by atoms with Gasteiger partial charge in [0.25, 0.3) is 10.2 Å². The molecule has 0 atom stereocenters. The van der Waals surface area contributed by atoms with E-state index in [-0.39, 0.29) is 24.5 Å². The van der Waals surface area contributed by atoms with Gasteiger partial charge in [-0.15, -0.1) is 12.4 Å². The molecule has 3 heterocycles. The zero-order chi connectivity index (χ0) is 16.6. The van der Waals surface area contributed by atoms with Crippen molar-refractivity contribution in [2.45, 2.75) is 25.4 Å². The second-order valence-corrected chi connectivity index (χ2v) is 7.06. The zero-order valence-electron chi connectivity index (χ0n) is 13.1. The van der Waals surface area contributed by atoms with Crippen LogP contribution < -0.4 is 20.1 Å². The molecule has 3 rings (SSSR count). The third-order valence-corrected chi connectivity index (χ3v) is 4.68. The highest BCUT2D eigenvalue weighted by atomic mass is 35.5. The molecule has 0 spiro atoms. The molecule has 10 nitrogen and oxygen atoms in total. The standard InChI is InChI=1S/C12H19N7O3S.ClH/c1-18-6-9-10(16-12(18)20)14-7-15-11(9)19-4-2-8(3-5-19)17-23(13,21)22;/h7-8,17H,2-6H2,1H3,(H2,13,21,22)(H,14,15,16,20);1H. The number of aromatic nitrogens is 2. The van der Waals surface area contributed by atoms with Crippen LogP contribution in [0.1, 0.15) is 18.4 Å². The van der Waals surface area contributed by atoms with Gasteiger partial charge in [-0.05, 0) is 12.8 Å². The molecule has 0 saturated carbocycles. The van der Waals surface area contributed by atoms with Crippen LogP contribution in [0.4, 0.5) is 16.4 Å². The lowest BCUT2D eigenvalue weighted by molar-refractivity contribution is 0.218. The number of nitrogens with two attached hydrogens (primary N) is 1. The Labute approximate surface area is 146 Å². The first-order valence-corrected chi connectivity index (χ1v) is 8.79. The van der Waals surface area contributed by atoms with Gasteiger partial charge in [-0.3, -0.25) is 5.32 Å². The number of amides is 2. The molecule has 1 aromatic heterocycles. The van der Waals surface area contributed by atoms with E-state index >= 15 is 0 Å². The highest BCUT2D eigenvalue weighted by molar-refractivity contribution is 7.87. The SMILES string of the molecule is CN1Cc2c(ncnc2N2CCC(NS(N)(=O)=O)CC2)NC1=O.Cl. The van der Waals surface area contributed by atoms with Crippen molar-refractivity contribution in [1.29, 1.82) is 0 Å². The molecule has 2 aliphatic heterocycles. The summed E-state index contributed by atoms with van der Waals surface area (Å²) in [5, 5.41) is 7.74. The molecule has 2 amide bonds. The molecule has 0 aliphatic carbocycles. The molecular formula is C12H20ClN7O3S. The maximum atomic E-state index is 11.7. The molecule has 1 aromatic rings. The van der Waals surface area contributed by atoms with Gasteiger partial charge in [0.1, 0.15) is 18.0 Å². The molecule has 134 valence electrons. The summed E-state index contributed by atoms with van der Waals surface area (Å²) in [6.07, 6.45) is 2.70. The van der Waals surface area contributed by atoms with Crippen LogP contribution in [-0.4, -0.2) is 55.5 Å². The lowest BCUT2D eigenvalue weighted by Crippen LogP contribution is -2.47. The fourth-order valence-corrected chi connectivity index (χ4v) is 3.58. The number of carbonyl (C=O) groups excluding carboxylic acids is 1. The van der Waals surface area contributed by atoms with Crippen molar-refractivity contribution >= 4 is 40.3 Å². The Morgan fingerprint density at radius 1 is 1.33 bits per heavy atom. The van der Waals surface area contributed by atoms with E-state index in [0.717, 1.165) is 11.4 Å². The van der Waals surface area contributed by atoms with Crippen LogP contribution in [0.25, 0.3) is 0 Å². The Hall–Kier alpha value is -1.69. The number of anilines is 2. The molecule has 24 heavy (non-hydrogen) atoms. The van der Waals surface area contributed by atoms with Crippen LogP contribution in [0.5, 0.6) is 0 Å². The third kappa shape index (κ3) is 4.04. The summed E-state index contributed by atoms with van der Waals surface area (Å²) in [5.74, 6) is 1.30. The summed E-state index contributed by atoms with van der Waals surface area (Å²) in [7, 11) is -1.98. The largest absolute Gasteiger partial charge is 0.356 e. The number of fused-ring (bicyclic) bond motifs is 1. The summed E-state index contributed by atoms with van der Waals surface area (Å²) in [6, 6.07) is -0.362. The summed E-state index contributed by atoms with van der Waals surface area (Å²) < 4.78 is 24.6. The van der Waals surface area contributed by atoms with Crippen molar-refractivity contribution in [1.82, 2.24) is 19.6 Å². The average molecular weight is 378 g/mol. The minimum Gasteiger partial charge on any atom is -0.356 e. The predicted octanol–water partition coefficient (Wildman–Crippen LogP) is -0.362. The van der Waals surface area contributed by atoms with Crippen LogP contribution in [0.2, 0.25) is 0 Å². The van der Waals surface area contributed by atoms with Gasteiger partial charge < -0.3 is 9.80 Å². The highest BCUT2D eigenvalue weighted by Crippen LogP contribution is 2.29. The first-order valence-electron chi connectivity index (χ1n) is 7.24. The third-order valence-electron chi connectivity index (χ3n) is 4.02. The molecule has 12 heteroatoms. The molecule has 1 saturated heterocycles. The van der Waals surface area contributed by atoms with Crippen molar-refractivity contribution < 1.29 is 13.2 Å². The van der Waals surface area contributed by atoms with E-state index in [1.807, 2.05) is 0 Å². The van der Waals surface area contributed by atoms with Crippen molar-refractivity contribution in [3.63, 3.8) is 0 Å². The van der Waals surface area contributed by atoms with E-state index in [0.29, 0.717) is 38.3 Å². The Bertz CT molecular complexity index is 721. The summed E-state index contributed by atoms with van der Waals surface area (Å²) in [6.45, 7) is 1.73. The topological polar surface area (TPSA) is 134 Å². The molecule has 0 radical (unpaired) electrons. The van der Waals surface area contributed by atoms with Crippen LogP contribution in [0, 0.1) is 0 Å². The molecule has 0 aromatic carbocycles. The van der Waals surface area contributed by atoms with Gasteiger partial charge in [-0.1, -0.05) is 0 Å². The molecule has 1 fully saturated rings. The predicted molar refractivity (Wildman–Crippen MR) is 91.2 cm³/mol. The normalized spacial score (nSPS) is 18.7. The zero-order valence-corrected chi connectivity index (χ0v) is 14.7. The monoisotopic (exact) mass is 377 g/mol. The summed E-state index contributed by atoms with van der Waals surface area (Å²) in [5.41, 5.74) is 0.868. The van der Waals surface area contributed by atoms with Crippen LogP contribution >= 0.6 is 12.4 Å². The van der Waals surface area contributed by atoms with E-state index in [9.17, 15) is 13.2 Å². The number of carbonyl (C=O) groups is 1. The fraction of sp³-hybridized carbons (Fsp3) is 0.583. The Morgan fingerprint density at radius 3 is 2.62 bits per heavy atom. The Balaban J connectivity index is 0.00000208. The van der Waals surface area contributed by atoms with Crippen molar-refractivity contribution in [2.24, 2.45) is 5.14 Å². The molecule has 0 unspecified atom stereocenters. The van der Waals surface area contributed by atoms with Gasteiger partial charge in [0, 0.05) is 26.2 Å². The van der Waals surface area contributed by atoms with Crippen molar-refractivity contribution in [3.05, 3.63) is 11.9 Å². The Kier molecular flexibility index (Phi) is 5.48. The molecular weight excluding hydrogens is 358 g/mol. The number of hydrogen-bond acceptors (Lipinski definition) is 6. The number of nitrogens with one attached hydrogen (secondary N) is 2. The van der Waals surface area contributed by atoms with Gasteiger partial charge in [0.15, 0.2) is 0 Å². The molecule has 4 N–H and O–H groups in total. The smallest absolute Gasteiger partial charge is 0.323 e. The first-order chi connectivity index (χ1) is 10.8. The number of nitrogens with zero attached hydrogens (tertiary/aromatic N) is 4. The van der Waals surface area contributed by atoms with Crippen LogP contribution in [0.15, 0.2) is 6.33 Å². The second-order valence-electron chi connectivity index (χ2n) is 5.73. The number of hydrogen-bond donors (Lipinski definition) is 3. The number of urea groups is 1. The molecule has 0 bridgehead atoms. The van der Waals surface area contributed by atoms with Gasteiger partial charge in [-0.25, -0.2) is 19.9 Å². The fourth-order valence-electron chi connectivity index (χ4n) is 2.88. The lowest BCUT2D eigenvalue weighted by Gasteiger charge is -2.35. The van der Waals surface area contributed by atoms with Crippen LogP contribution in [-0.2, 0) is 16.8 Å². The van der Waals surface area contributed by atoms with Crippen molar-refractivity contribution in [2.75, 3.05) is 30.4 Å². The van der Waals surface area contributed by atoms with Gasteiger partial charge in [-0.2, -0.15) is 13.1 Å². The van der Waals surface area contributed by atoms with E-state index in [1.165, 1.54) is 6.33 Å². The van der Waals surface area contributed by atoms with Crippen molar-refractivity contribution in [3.8, 4) is 0 Å². The highest BCUT2D eigenvalue weighted by Gasteiger charge is 2.28. The van der Waals surface area contributed by atoms with E-state index in [4.69, 9.17) is 5.14 Å². The number of halogens is 1. The maximum absolute atomic E-state index is 11.7.